The van der Waals surface area contributed by atoms with Gasteiger partial charge in [-0.25, -0.2) is 9.67 Å². The number of hydrazine groups is 1. The normalized spacial score (nSPS) is 10.4. The van der Waals surface area contributed by atoms with Crippen molar-refractivity contribution in [3.8, 4) is 21.7 Å². The highest BCUT2D eigenvalue weighted by atomic mass is 35.5. The molecule has 0 unspecified atom stereocenters. The van der Waals surface area contributed by atoms with Gasteiger partial charge >= 0.3 is 0 Å². The zero-order valence-electron chi connectivity index (χ0n) is 12.5. The third kappa shape index (κ3) is 3.01. The summed E-state index contributed by atoms with van der Waals surface area (Å²) in [5.74, 6) is 0.323. The number of hydrogen-bond donors (Lipinski definition) is 2. The molecule has 0 atom stereocenters. The second kappa shape index (κ2) is 6.81. The zero-order chi connectivity index (χ0) is 17.1. The van der Waals surface area contributed by atoms with Crippen LogP contribution in [-0.4, -0.2) is 21.2 Å². The van der Waals surface area contributed by atoms with Gasteiger partial charge in [-0.05, 0) is 17.7 Å². The highest BCUT2D eigenvalue weighted by molar-refractivity contribution is 7.13. The highest BCUT2D eigenvalue weighted by Crippen LogP contribution is 2.35. The number of amides is 1. The lowest BCUT2D eigenvalue weighted by Gasteiger charge is -2.14. The van der Waals surface area contributed by atoms with E-state index in [1.807, 2.05) is 0 Å². The van der Waals surface area contributed by atoms with Crippen LogP contribution in [0.1, 0.15) is 0 Å². The molecule has 2 N–H and O–H groups in total. The summed E-state index contributed by atoms with van der Waals surface area (Å²) in [4.78, 5) is 27.6. The molecule has 3 aromatic rings. The lowest BCUT2D eigenvalue weighted by Crippen LogP contribution is -2.28. The molecule has 0 spiro atoms. The van der Waals surface area contributed by atoms with Gasteiger partial charge in [0.25, 0.3) is 5.56 Å². The lowest BCUT2D eigenvalue weighted by atomic mass is 10.0. The van der Waals surface area contributed by atoms with Crippen LogP contribution in [0, 0.1) is 0 Å². The number of anilines is 1. The minimum Gasteiger partial charge on any atom is -0.280 e. The average Bonchev–Trinajstić information content (AvgIpc) is 3.10. The van der Waals surface area contributed by atoms with E-state index >= 15 is 0 Å². The van der Waals surface area contributed by atoms with Crippen molar-refractivity contribution in [2.24, 2.45) is 7.05 Å². The van der Waals surface area contributed by atoms with Gasteiger partial charge in [0, 0.05) is 23.6 Å². The molecular formula is C15H12ClN5O2S. The van der Waals surface area contributed by atoms with Gasteiger partial charge < -0.3 is 0 Å². The fraction of sp³-hybridized carbons (Fsp3) is 0.0667. The summed E-state index contributed by atoms with van der Waals surface area (Å²) in [5, 5.41) is 7.17. The van der Waals surface area contributed by atoms with Crippen LogP contribution < -0.4 is 16.4 Å². The second-order valence-electron chi connectivity index (χ2n) is 4.76. The van der Waals surface area contributed by atoms with E-state index in [2.05, 4.69) is 20.9 Å². The van der Waals surface area contributed by atoms with Crippen molar-refractivity contribution in [1.29, 1.82) is 0 Å². The summed E-state index contributed by atoms with van der Waals surface area (Å²) in [6.07, 6.45) is 2.13. The Morgan fingerprint density at radius 2 is 2.00 bits per heavy atom. The summed E-state index contributed by atoms with van der Waals surface area (Å²) >= 11 is 7.31. The number of carbonyl (C=O) groups is 1. The van der Waals surface area contributed by atoms with E-state index in [0.717, 1.165) is 0 Å². The Balaban J connectivity index is 2.32. The van der Waals surface area contributed by atoms with Crippen molar-refractivity contribution < 1.29 is 4.79 Å². The monoisotopic (exact) mass is 361 g/mol. The Hall–Kier alpha value is -2.71. The van der Waals surface area contributed by atoms with Crippen LogP contribution >= 0.6 is 22.9 Å². The highest BCUT2D eigenvalue weighted by Gasteiger charge is 2.21. The first-order valence-electron chi connectivity index (χ1n) is 6.84. The molecule has 0 aliphatic rings. The molecule has 9 heteroatoms. The summed E-state index contributed by atoms with van der Waals surface area (Å²) in [5.41, 5.74) is 6.39. The molecular weight excluding hydrogens is 350 g/mol. The van der Waals surface area contributed by atoms with Crippen molar-refractivity contribution >= 4 is 35.2 Å². The van der Waals surface area contributed by atoms with Crippen LogP contribution in [-0.2, 0) is 11.8 Å². The fourth-order valence-electron chi connectivity index (χ4n) is 2.26. The van der Waals surface area contributed by atoms with Crippen LogP contribution in [0.5, 0.6) is 0 Å². The Kier molecular flexibility index (Phi) is 4.59. The van der Waals surface area contributed by atoms with Gasteiger partial charge in [0.2, 0.25) is 6.41 Å². The maximum atomic E-state index is 12.7. The van der Waals surface area contributed by atoms with Gasteiger partial charge in [0.05, 0.1) is 11.1 Å². The molecule has 0 radical (unpaired) electrons. The van der Waals surface area contributed by atoms with Gasteiger partial charge in [-0.1, -0.05) is 23.7 Å². The SMILES string of the molecule is Cn1nc(NNC=O)c(-c2nccs2)c(-c2ccc(Cl)cc2)c1=O. The fourth-order valence-corrected chi connectivity index (χ4v) is 3.07. The number of nitrogens with one attached hydrogen (secondary N) is 2. The first-order valence-corrected chi connectivity index (χ1v) is 8.10. The van der Waals surface area contributed by atoms with Crippen LogP contribution in [0.3, 0.4) is 0 Å². The molecule has 0 saturated carbocycles. The number of rotatable bonds is 5. The molecule has 2 aromatic heterocycles. The minimum absolute atomic E-state index is 0.279. The summed E-state index contributed by atoms with van der Waals surface area (Å²) in [6, 6.07) is 6.93. The average molecular weight is 362 g/mol. The molecule has 122 valence electrons. The first kappa shape index (κ1) is 16.2. The molecule has 0 saturated heterocycles. The van der Waals surface area contributed by atoms with Crippen molar-refractivity contribution in [1.82, 2.24) is 20.2 Å². The number of aryl methyl sites for hydroxylation is 1. The van der Waals surface area contributed by atoms with E-state index in [1.54, 1.807) is 42.9 Å². The van der Waals surface area contributed by atoms with Crippen molar-refractivity contribution in [3.05, 3.63) is 51.2 Å². The van der Waals surface area contributed by atoms with E-state index < -0.39 is 0 Å². The Bertz CT molecular complexity index is 922. The van der Waals surface area contributed by atoms with E-state index in [1.165, 1.54) is 16.0 Å². The Morgan fingerprint density at radius 3 is 2.62 bits per heavy atom. The molecule has 0 fully saturated rings. The largest absolute Gasteiger partial charge is 0.280 e. The number of halogens is 1. The summed E-state index contributed by atoms with van der Waals surface area (Å²) < 4.78 is 1.20. The number of thiazole rings is 1. The van der Waals surface area contributed by atoms with Crippen LogP contribution in [0.4, 0.5) is 5.82 Å². The maximum absolute atomic E-state index is 12.7. The third-order valence-electron chi connectivity index (χ3n) is 3.27. The quantitative estimate of drug-likeness (QED) is 0.537. The van der Waals surface area contributed by atoms with E-state index in [-0.39, 0.29) is 5.56 Å². The molecule has 3 rings (SSSR count). The number of nitrogens with zero attached hydrogens (tertiary/aromatic N) is 3. The summed E-state index contributed by atoms with van der Waals surface area (Å²) in [7, 11) is 1.54. The van der Waals surface area contributed by atoms with Gasteiger partial charge in [-0.2, -0.15) is 0 Å². The molecule has 1 aromatic carbocycles. The summed E-state index contributed by atoms with van der Waals surface area (Å²) in [6.45, 7) is 0. The van der Waals surface area contributed by atoms with E-state index in [4.69, 9.17) is 11.6 Å². The van der Waals surface area contributed by atoms with Crippen LogP contribution in [0.15, 0.2) is 40.6 Å². The number of aromatic nitrogens is 3. The molecule has 0 bridgehead atoms. The second-order valence-corrected chi connectivity index (χ2v) is 6.09. The standard InChI is InChI=1S/C15H12ClN5O2S/c1-21-15(23)11(9-2-4-10(16)5-3-9)12(14-17-6-7-24-14)13(20-21)19-18-8-22/h2-8H,1H3,(H,18,22)(H,19,20). The molecule has 24 heavy (non-hydrogen) atoms. The molecule has 2 heterocycles. The minimum atomic E-state index is -0.279. The van der Waals surface area contributed by atoms with Gasteiger partial charge in [0.1, 0.15) is 5.01 Å². The number of carbonyl (C=O) groups excluding carboxylic acids is 1. The van der Waals surface area contributed by atoms with Crippen LogP contribution in [0.25, 0.3) is 21.7 Å². The molecule has 0 aliphatic heterocycles. The van der Waals surface area contributed by atoms with Gasteiger partial charge in [-0.15, -0.1) is 16.4 Å². The molecule has 1 amide bonds. The molecule has 0 aliphatic carbocycles. The van der Waals surface area contributed by atoms with Gasteiger partial charge in [-0.3, -0.25) is 20.4 Å². The van der Waals surface area contributed by atoms with Crippen molar-refractivity contribution in [2.75, 3.05) is 5.43 Å². The first-order chi connectivity index (χ1) is 11.6. The Morgan fingerprint density at radius 1 is 1.25 bits per heavy atom. The number of hydrogen-bond acceptors (Lipinski definition) is 6. The lowest BCUT2D eigenvalue weighted by molar-refractivity contribution is -0.109. The van der Waals surface area contributed by atoms with Gasteiger partial charge in [0.15, 0.2) is 5.82 Å². The number of benzene rings is 1. The zero-order valence-corrected chi connectivity index (χ0v) is 14.1. The van der Waals surface area contributed by atoms with E-state index in [9.17, 15) is 9.59 Å². The van der Waals surface area contributed by atoms with Crippen molar-refractivity contribution in [2.45, 2.75) is 0 Å². The Labute approximate surface area is 145 Å². The van der Waals surface area contributed by atoms with Crippen LogP contribution in [0.2, 0.25) is 5.02 Å². The third-order valence-corrected chi connectivity index (χ3v) is 4.32. The predicted molar refractivity (Wildman–Crippen MR) is 93.9 cm³/mol. The predicted octanol–water partition coefficient (Wildman–Crippen LogP) is 2.30. The maximum Gasteiger partial charge on any atom is 0.275 e. The topological polar surface area (TPSA) is 88.9 Å². The smallest absolute Gasteiger partial charge is 0.275 e. The molecule has 7 nitrogen and oxygen atoms in total. The van der Waals surface area contributed by atoms with Crippen molar-refractivity contribution in [3.63, 3.8) is 0 Å². The van der Waals surface area contributed by atoms with E-state index in [0.29, 0.717) is 38.9 Å².